The Morgan fingerprint density at radius 3 is 2.65 bits per heavy atom. The summed E-state index contributed by atoms with van der Waals surface area (Å²) in [5, 5.41) is 0. The molecule has 2 aliphatic rings. The lowest BCUT2D eigenvalue weighted by Gasteiger charge is -2.23. The average Bonchev–Trinajstić information content (AvgIpc) is 3.00. The Bertz CT molecular complexity index is 571. The zero-order chi connectivity index (χ0) is 14.1. The number of imide groups is 1. The first-order valence-corrected chi connectivity index (χ1v) is 7.38. The van der Waals surface area contributed by atoms with Crippen LogP contribution in [0.5, 0.6) is 0 Å². The summed E-state index contributed by atoms with van der Waals surface area (Å²) in [6.45, 7) is 2.19. The molecular weight excluding hydrogens is 250 g/mol. The summed E-state index contributed by atoms with van der Waals surface area (Å²) in [7, 11) is 0. The standard InChI is InChI=1S/C17H19NO2/c1-2-3-5-12-6-4-7-14-13(12)8-9-15(14)18-16(19)10-11-17(18)20/h4,6-7,10-11,15H,2-3,5,8-9H2,1H3/t15-/m0/s1. The molecule has 1 atom stereocenters. The smallest absolute Gasteiger partial charge is 0.254 e. The summed E-state index contributed by atoms with van der Waals surface area (Å²) in [5.41, 5.74) is 3.92. The molecule has 0 unspecified atom stereocenters. The summed E-state index contributed by atoms with van der Waals surface area (Å²) in [6.07, 6.45) is 8.04. The van der Waals surface area contributed by atoms with Crippen LogP contribution < -0.4 is 0 Å². The molecule has 0 spiro atoms. The van der Waals surface area contributed by atoms with Gasteiger partial charge in [-0.1, -0.05) is 31.5 Å². The molecule has 0 radical (unpaired) electrons. The van der Waals surface area contributed by atoms with E-state index in [0.717, 1.165) is 19.3 Å². The van der Waals surface area contributed by atoms with E-state index >= 15 is 0 Å². The summed E-state index contributed by atoms with van der Waals surface area (Å²) < 4.78 is 0. The van der Waals surface area contributed by atoms with Crippen molar-refractivity contribution in [3.8, 4) is 0 Å². The Kier molecular flexibility index (Phi) is 3.43. The predicted octanol–water partition coefficient (Wildman–Crippen LogP) is 2.94. The third-order valence-electron chi connectivity index (χ3n) is 4.29. The van der Waals surface area contributed by atoms with Gasteiger partial charge in [-0.3, -0.25) is 14.5 Å². The number of carbonyl (C=O) groups is 2. The van der Waals surface area contributed by atoms with Gasteiger partial charge < -0.3 is 0 Å². The van der Waals surface area contributed by atoms with Gasteiger partial charge >= 0.3 is 0 Å². The number of nitrogens with zero attached hydrogens (tertiary/aromatic N) is 1. The fourth-order valence-electron chi connectivity index (χ4n) is 3.30. The van der Waals surface area contributed by atoms with Gasteiger partial charge in [0.05, 0.1) is 6.04 Å². The van der Waals surface area contributed by atoms with Crippen LogP contribution >= 0.6 is 0 Å². The Labute approximate surface area is 119 Å². The molecule has 1 aliphatic carbocycles. The van der Waals surface area contributed by atoms with Crippen LogP contribution in [-0.2, 0) is 22.4 Å². The minimum atomic E-state index is -0.174. The van der Waals surface area contributed by atoms with Crippen LogP contribution in [0.2, 0.25) is 0 Å². The fourth-order valence-corrected chi connectivity index (χ4v) is 3.30. The van der Waals surface area contributed by atoms with E-state index in [2.05, 4.69) is 25.1 Å². The van der Waals surface area contributed by atoms with Crippen LogP contribution in [0.3, 0.4) is 0 Å². The van der Waals surface area contributed by atoms with Crippen molar-refractivity contribution in [1.82, 2.24) is 4.90 Å². The van der Waals surface area contributed by atoms with Gasteiger partial charge in [0.2, 0.25) is 0 Å². The van der Waals surface area contributed by atoms with Gasteiger partial charge in [0.15, 0.2) is 0 Å². The number of carbonyl (C=O) groups excluding carboxylic acids is 2. The van der Waals surface area contributed by atoms with Crippen molar-refractivity contribution >= 4 is 11.8 Å². The lowest BCUT2D eigenvalue weighted by Crippen LogP contribution is -2.33. The maximum atomic E-state index is 11.9. The quantitative estimate of drug-likeness (QED) is 0.788. The minimum absolute atomic E-state index is 0.0680. The largest absolute Gasteiger partial charge is 0.269 e. The van der Waals surface area contributed by atoms with Crippen molar-refractivity contribution in [3.63, 3.8) is 0 Å². The van der Waals surface area contributed by atoms with Crippen molar-refractivity contribution < 1.29 is 9.59 Å². The average molecular weight is 269 g/mol. The number of benzene rings is 1. The maximum Gasteiger partial charge on any atom is 0.254 e. The predicted molar refractivity (Wildman–Crippen MR) is 77.1 cm³/mol. The van der Waals surface area contributed by atoms with Gasteiger partial charge in [0.25, 0.3) is 11.8 Å². The topological polar surface area (TPSA) is 37.4 Å². The van der Waals surface area contributed by atoms with Gasteiger partial charge in [-0.25, -0.2) is 0 Å². The molecule has 0 fully saturated rings. The first kappa shape index (κ1) is 13.1. The molecule has 20 heavy (non-hydrogen) atoms. The molecule has 0 N–H and O–H groups in total. The molecule has 3 rings (SSSR count). The highest BCUT2D eigenvalue weighted by atomic mass is 16.2. The number of hydrogen-bond donors (Lipinski definition) is 0. The fraction of sp³-hybridized carbons (Fsp3) is 0.412. The second-order valence-electron chi connectivity index (χ2n) is 5.52. The molecule has 3 heteroatoms. The molecule has 104 valence electrons. The van der Waals surface area contributed by atoms with Crippen molar-refractivity contribution in [2.75, 3.05) is 0 Å². The number of fused-ring (bicyclic) bond motifs is 1. The van der Waals surface area contributed by atoms with Crippen molar-refractivity contribution in [3.05, 3.63) is 47.0 Å². The number of hydrogen-bond acceptors (Lipinski definition) is 2. The Morgan fingerprint density at radius 1 is 1.20 bits per heavy atom. The van der Waals surface area contributed by atoms with Crippen LogP contribution in [0.15, 0.2) is 30.4 Å². The Balaban J connectivity index is 1.91. The molecule has 3 nitrogen and oxygen atoms in total. The molecule has 1 aliphatic heterocycles. The van der Waals surface area contributed by atoms with E-state index in [0.29, 0.717) is 0 Å². The van der Waals surface area contributed by atoms with E-state index < -0.39 is 0 Å². The van der Waals surface area contributed by atoms with E-state index in [1.165, 1.54) is 46.6 Å². The summed E-state index contributed by atoms with van der Waals surface area (Å²) in [5.74, 6) is -0.348. The molecule has 2 amide bonds. The van der Waals surface area contributed by atoms with E-state index in [-0.39, 0.29) is 17.9 Å². The van der Waals surface area contributed by atoms with Crippen LogP contribution in [0, 0.1) is 0 Å². The summed E-state index contributed by atoms with van der Waals surface area (Å²) >= 11 is 0. The second-order valence-corrected chi connectivity index (χ2v) is 5.52. The lowest BCUT2D eigenvalue weighted by atomic mass is 9.98. The SMILES string of the molecule is CCCCc1cccc2c1CC[C@@H]2N1C(=O)C=CC1=O. The van der Waals surface area contributed by atoms with Crippen molar-refractivity contribution in [2.45, 2.75) is 45.1 Å². The normalized spacial score (nSPS) is 20.9. The Hall–Kier alpha value is -1.90. The molecule has 0 bridgehead atoms. The molecule has 0 saturated carbocycles. The highest BCUT2D eigenvalue weighted by molar-refractivity contribution is 6.13. The number of rotatable bonds is 4. The minimum Gasteiger partial charge on any atom is -0.269 e. The summed E-state index contributed by atoms with van der Waals surface area (Å²) in [4.78, 5) is 25.1. The monoisotopic (exact) mass is 269 g/mol. The first-order valence-electron chi connectivity index (χ1n) is 7.38. The van der Waals surface area contributed by atoms with E-state index in [1.807, 2.05) is 0 Å². The molecule has 0 aromatic heterocycles. The summed E-state index contributed by atoms with van der Waals surface area (Å²) in [6, 6.07) is 6.24. The zero-order valence-electron chi connectivity index (χ0n) is 11.8. The zero-order valence-corrected chi connectivity index (χ0v) is 11.8. The van der Waals surface area contributed by atoms with Crippen LogP contribution in [0.4, 0.5) is 0 Å². The molecule has 1 aromatic carbocycles. The maximum absolute atomic E-state index is 11.9. The molecule has 0 saturated heterocycles. The van der Waals surface area contributed by atoms with Crippen molar-refractivity contribution in [2.24, 2.45) is 0 Å². The van der Waals surface area contributed by atoms with E-state index in [4.69, 9.17) is 0 Å². The number of unbranched alkanes of at least 4 members (excludes halogenated alkanes) is 1. The van der Waals surface area contributed by atoms with Gasteiger partial charge in [-0.2, -0.15) is 0 Å². The van der Waals surface area contributed by atoms with Crippen LogP contribution in [-0.4, -0.2) is 16.7 Å². The highest BCUT2D eigenvalue weighted by Gasteiger charge is 2.36. The van der Waals surface area contributed by atoms with Crippen LogP contribution in [0.25, 0.3) is 0 Å². The molecule has 1 aromatic rings. The van der Waals surface area contributed by atoms with Crippen LogP contribution in [0.1, 0.15) is 48.9 Å². The van der Waals surface area contributed by atoms with E-state index in [1.54, 1.807) is 0 Å². The van der Waals surface area contributed by atoms with Gasteiger partial charge in [0.1, 0.15) is 0 Å². The number of amides is 2. The first-order chi connectivity index (χ1) is 9.72. The molecule has 1 heterocycles. The highest BCUT2D eigenvalue weighted by Crippen LogP contribution is 2.39. The number of aryl methyl sites for hydroxylation is 1. The van der Waals surface area contributed by atoms with Crippen molar-refractivity contribution in [1.29, 1.82) is 0 Å². The lowest BCUT2D eigenvalue weighted by molar-refractivity contribution is -0.139. The Morgan fingerprint density at radius 2 is 1.95 bits per heavy atom. The third kappa shape index (κ3) is 2.07. The van der Waals surface area contributed by atoms with Gasteiger partial charge in [-0.15, -0.1) is 0 Å². The molecular formula is C17H19NO2. The third-order valence-corrected chi connectivity index (χ3v) is 4.29. The second kappa shape index (κ2) is 5.23. The van der Waals surface area contributed by atoms with Gasteiger partial charge in [-0.05, 0) is 42.4 Å². The van der Waals surface area contributed by atoms with E-state index in [9.17, 15) is 9.59 Å². The van der Waals surface area contributed by atoms with Gasteiger partial charge in [0, 0.05) is 12.2 Å².